The fraction of sp³-hybridized carbons (Fsp3) is 0.423. The van der Waals surface area contributed by atoms with Gasteiger partial charge in [0.15, 0.2) is 5.65 Å². The molecule has 1 N–H and O–H groups in total. The van der Waals surface area contributed by atoms with Gasteiger partial charge in [-0.2, -0.15) is 15.3 Å². The maximum atomic E-state index is 13.7. The summed E-state index contributed by atoms with van der Waals surface area (Å²) >= 11 is 0. The number of likely N-dealkylation sites (tertiary alicyclic amines) is 1. The molecule has 174 valence electrons. The third-order valence-corrected chi connectivity index (χ3v) is 7.28. The van der Waals surface area contributed by atoms with Gasteiger partial charge in [0.05, 0.1) is 40.7 Å². The molecule has 0 radical (unpaired) electrons. The number of piperidine rings is 1. The molecule has 0 spiro atoms. The molecule has 2 fully saturated rings. The number of nitrogens with one attached hydrogen (secondary N) is 1. The zero-order valence-corrected chi connectivity index (χ0v) is 19.6. The van der Waals surface area contributed by atoms with Crippen LogP contribution in [-0.4, -0.2) is 48.2 Å². The normalized spacial score (nSPS) is 23.1. The summed E-state index contributed by atoms with van der Waals surface area (Å²) in [4.78, 5) is 20.7. The lowest BCUT2D eigenvalue weighted by atomic mass is 9.98. The minimum absolute atomic E-state index is 0.0122. The van der Waals surface area contributed by atoms with E-state index in [1.807, 2.05) is 33.7 Å². The third kappa shape index (κ3) is 3.62. The molecule has 8 nitrogen and oxygen atoms in total. The van der Waals surface area contributed by atoms with Crippen molar-refractivity contribution in [3.63, 3.8) is 0 Å². The average molecular weight is 456 g/mol. The molecule has 1 aromatic carbocycles. The number of nitrogens with zero attached hydrogens (tertiary/aromatic N) is 6. The van der Waals surface area contributed by atoms with Crippen LogP contribution in [-0.2, 0) is 0 Å². The predicted octanol–water partition coefficient (Wildman–Crippen LogP) is 4.16. The zero-order chi connectivity index (χ0) is 23.2. The first-order valence-corrected chi connectivity index (χ1v) is 12.2. The van der Waals surface area contributed by atoms with Crippen molar-refractivity contribution in [2.45, 2.75) is 64.1 Å². The molecule has 4 aromatic rings. The number of hydrogen-bond donors (Lipinski definition) is 1. The summed E-state index contributed by atoms with van der Waals surface area (Å²) in [6.45, 7) is 5.03. The summed E-state index contributed by atoms with van der Waals surface area (Å²) in [6, 6.07) is 10.5. The molecule has 2 saturated heterocycles. The van der Waals surface area contributed by atoms with Gasteiger partial charge in [0, 0.05) is 30.2 Å². The summed E-state index contributed by atoms with van der Waals surface area (Å²) < 4.78 is 1.87. The van der Waals surface area contributed by atoms with Crippen LogP contribution < -0.4 is 5.32 Å². The Labute approximate surface area is 198 Å². The highest BCUT2D eigenvalue weighted by molar-refractivity contribution is 6.05. The lowest BCUT2D eigenvalue weighted by Crippen LogP contribution is -2.38. The number of carbonyl (C=O) groups excluding carboxylic acids is 1. The van der Waals surface area contributed by atoms with E-state index >= 15 is 0 Å². The van der Waals surface area contributed by atoms with Crippen LogP contribution in [0.2, 0.25) is 0 Å². The molecule has 0 saturated carbocycles. The summed E-state index contributed by atoms with van der Waals surface area (Å²) in [5, 5.41) is 17.6. The van der Waals surface area contributed by atoms with E-state index in [4.69, 9.17) is 10.1 Å². The van der Waals surface area contributed by atoms with Crippen LogP contribution in [0, 0.1) is 6.92 Å². The Morgan fingerprint density at radius 3 is 2.88 bits per heavy atom. The monoisotopic (exact) mass is 455 g/mol. The van der Waals surface area contributed by atoms with Gasteiger partial charge in [-0.1, -0.05) is 18.2 Å². The van der Waals surface area contributed by atoms with Crippen LogP contribution in [0.4, 0.5) is 0 Å². The van der Waals surface area contributed by atoms with Crippen molar-refractivity contribution in [1.29, 1.82) is 0 Å². The number of fused-ring (bicyclic) bond motifs is 2. The van der Waals surface area contributed by atoms with Crippen LogP contribution in [0.1, 0.15) is 78.4 Å². The van der Waals surface area contributed by atoms with Crippen molar-refractivity contribution >= 4 is 22.5 Å². The van der Waals surface area contributed by atoms with Crippen LogP contribution in [0.5, 0.6) is 0 Å². The quantitative estimate of drug-likeness (QED) is 0.499. The fourth-order valence-electron chi connectivity index (χ4n) is 5.51. The minimum Gasteiger partial charge on any atom is -0.330 e. The van der Waals surface area contributed by atoms with Crippen LogP contribution in [0.15, 0.2) is 42.7 Å². The van der Waals surface area contributed by atoms with Crippen LogP contribution in [0.3, 0.4) is 0 Å². The number of amides is 1. The molecule has 5 heterocycles. The summed E-state index contributed by atoms with van der Waals surface area (Å²) in [6.07, 6.45) is 8.87. The highest BCUT2D eigenvalue weighted by Crippen LogP contribution is 2.34. The number of aryl methyl sites for hydroxylation is 1. The Morgan fingerprint density at radius 1 is 1.15 bits per heavy atom. The SMILES string of the molecule is Cc1cn2nc([C@@H]3CCCCN3C(=O)c3cnnc4ccccc34)cc2nc1C1CC[C@H](C)N1. The van der Waals surface area contributed by atoms with E-state index < -0.39 is 0 Å². The van der Waals surface area contributed by atoms with Crippen molar-refractivity contribution in [3.05, 3.63) is 65.2 Å². The summed E-state index contributed by atoms with van der Waals surface area (Å²) in [5.41, 5.74) is 5.31. The zero-order valence-electron chi connectivity index (χ0n) is 19.6. The van der Waals surface area contributed by atoms with Gasteiger partial charge in [-0.05, 0) is 57.6 Å². The molecule has 3 aromatic heterocycles. The van der Waals surface area contributed by atoms with Crippen molar-refractivity contribution in [3.8, 4) is 0 Å². The Hall–Kier alpha value is -3.39. The summed E-state index contributed by atoms with van der Waals surface area (Å²) in [7, 11) is 0. The molecular formula is C26H29N7O. The Morgan fingerprint density at radius 2 is 2.03 bits per heavy atom. The largest absolute Gasteiger partial charge is 0.330 e. The van der Waals surface area contributed by atoms with E-state index in [2.05, 4.69) is 41.6 Å². The van der Waals surface area contributed by atoms with Gasteiger partial charge >= 0.3 is 0 Å². The second-order valence-electron chi connectivity index (χ2n) is 9.66. The van der Waals surface area contributed by atoms with Gasteiger partial charge in [0.25, 0.3) is 5.91 Å². The van der Waals surface area contributed by atoms with E-state index in [9.17, 15) is 4.79 Å². The molecule has 3 atom stereocenters. The van der Waals surface area contributed by atoms with Crippen molar-refractivity contribution < 1.29 is 4.79 Å². The highest BCUT2D eigenvalue weighted by atomic mass is 16.2. The van der Waals surface area contributed by atoms with Gasteiger partial charge in [0.1, 0.15) is 0 Å². The van der Waals surface area contributed by atoms with E-state index in [1.165, 1.54) is 6.42 Å². The van der Waals surface area contributed by atoms with Gasteiger partial charge in [-0.15, -0.1) is 0 Å². The smallest absolute Gasteiger partial charge is 0.256 e. The third-order valence-electron chi connectivity index (χ3n) is 7.28. The highest BCUT2D eigenvalue weighted by Gasteiger charge is 2.32. The average Bonchev–Trinajstić information content (AvgIpc) is 3.48. The molecule has 8 heteroatoms. The summed E-state index contributed by atoms with van der Waals surface area (Å²) in [5.74, 6) is -0.0122. The molecule has 0 aliphatic carbocycles. The fourth-order valence-corrected chi connectivity index (χ4v) is 5.51. The Balaban J connectivity index is 1.35. The molecule has 2 aliphatic heterocycles. The Bertz CT molecular complexity index is 1380. The number of aromatic nitrogens is 5. The standard InChI is InChI=1S/C26H29N7O/c1-16-15-33-24(29-25(16)21-11-10-17(2)28-21)13-22(31-33)23-9-5-6-12-32(23)26(34)19-14-27-30-20-8-4-3-7-18(19)20/h3-4,7-8,13-15,17,21,23,28H,5-6,9-12H2,1-2H3/t17-,21?,23-/m0/s1. The van der Waals surface area contributed by atoms with Crippen LogP contribution >= 0.6 is 0 Å². The molecular weight excluding hydrogens is 426 g/mol. The Kier molecular flexibility index (Phi) is 5.25. The molecule has 1 unspecified atom stereocenters. The topological polar surface area (TPSA) is 88.3 Å². The first-order chi connectivity index (χ1) is 16.6. The van der Waals surface area contributed by atoms with Gasteiger partial charge in [-0.25, -0.2) is 9.50 Å². The lowest BCUT2D eigenvalue weighted by molar-refractivity contribution is 0.0607. The van der Waals surface area contributed by atoms with Gasteiger partial charge < -0.3 is 10.2 Å². The number of benzene rings is 1. The van der Waals surface area contributed by atoms with Gasteiger partial charge in [-0.3, -0.25) is 4.79 Å². The van der Waals surface area contributed by atoms with Crippen molar-refractivity contribution in [1.82, 2.24) is 35.0 Å². The van der Waals surface area contributed by atoms with E-state index in [1.54, 1.807) is 6.20 Å². The van der Waals surface area contributed by atoms with Crippen molar-refractivity contribution in [2.75, 3.05) is 6.54 Å². The number of carbonyl (C=O) groups is 1. The van der Waals surface area contributed by atoms with E-state index in [0.717, 1.165) is 59.2 Å². The van der Waals surface area contributed by atoms with Gasteiger partial charge in [0.2, 0.25) is 0 Å². The number of hydrogen-bond acceptors (Lipinski definition) is 6. The van der Waals surface area contributed by atoms with Crippen LogP contribution in [0.25, 0.3) is 16.6 Å². The lowest BCUT2D eigenvalue weighted by Gasteiger charge is -2.34. The minimum atomic E-state index is -0.0803. The first kappa shape index (κ1) is 21.2. The maximum Gasteiger partial charge on any atom is 0.256 e. The first-order valence-electron chi connectivity index (χ1n) is 12.2. The number of rotatable bonds is 3. The second-order valence-corrected chi connectivity index (χ2v) is 9.66. The predicted molar refractivity (Wildman–Crippen MR) is 129 cm³/mol. The molecule has 1 amide bonds. The molecule has 0 bridgehead atoms. The van der Waals surface area contributed by atoms with Crippen molar-refractivity contribution in [2.24, 2.45) is 0 Å². The molecule has 34 heavy (non-hydrogen) atoms. The molecule has 6 rings (SSSR count). The maximum absolute atomic E-state index is 13.7. The second kappa shape index (κ2) is 8.43. The van der Waals surface area contributed by atoms with E-state index in [-0.39, 0.29) is 11.9 Å². The van der Waals surface area contributed by atoms with E-state index in [0.29, 0.717) is 24.2 Å². The molecule has 2 aliphatic rings.